The Morgan fingerprint density at radius 1 is 1.32 bits per heavy atom. The Morgan fingerprint density at radius 3 is 2.77 bits per heavy atom. The average molecular weight is 302 g/mol. The van der Waals surface area contributed by atoms with E-state index in [0.717, 1.165) is 17.3 Å². The van der Waals surface area contributed by atoms with E-state index in [0.29, 0.717) is 18.2 Å². The molecule has 0 aliphatic carbocycles. The SMILES string of the molecule is CC(C)CCNC(=O)COc1cc(=O)n(C)c2ccccc12. The van der Waals surface area contributed by atoms with Gasteiger partial charge in [-0.1, -0.05) is 26.0 Å². The van der Waals surface area contributed by atoms with Gasteiger partial charge in [-0.3, -0.25) is 9.59 Å². The maximum atomic E-state index is 11.9. The number of nitrogens with one attached hydrogen (secondary N) is 1. The van der Waals surface area contributed by atoms with Crippen molar-refractivity contribution >= 4 is 16.8 Å². The maximum absolute atomic E-state index is 11.9. The average Bonchev–Trinajstić information content (AvgIpc) is 2.49. The van der Waals surface area contributed by atoms with Gasteiger partial charge in [-0.25, -0.2) is 0 Å². The molecule has 0 radical (unpaired) electrons. The summed E-state index contributed by atoms with van der Waals surface area (Å²) in [5, 5.41) is 3.63. The first-order chi connectivity index (χ1) is 10.5. The molecule has 1 aromatic heterocycles. The van der Waals surface area contributed by atoms with E-state index in [9.17, 15) is 9.59 Å². The first-order valence-corrected chi connectivity index (χ1v) is 7.47. The molecule has 2 aromatic rings. The zero-order valence-corrected chi connectivity index (χ0v) is 13.3. The monoisotopic (exact) mass is 302 g/mol. The van der Waals surface area contributed by atoms with Crippen LogP contribution in [-0.2, 0) is 11.8 Å². The van der Waals surface area contributed by atoms with Crippen LogP contribution in [0.5, 0.6) is 5.75 Å². The second-order valence-electron chi connectivity index (χ2n) is 5.74. The topological polar surface area (TPSA) is 60.3 Å². The number of hydrogen-bond acceptors (Lipinski definition) is 3. The quantitative estimate of drug-likeness (QED) is 0.888. The standard InChI is InChI=1S/C17H22N2O3/c1-12(2)8-9-18-16(20)11-22-15-10-17(21)19(3)14-7-5-4-6-13(14)15/h4-7,10,12H,8-9,11H2,1-3H3,(H,18,20). The highest BCUT2D eigenvalue weighted by atomic mass is 16.5. The van der Waals surface area contributed by atoms with Crippen molar-refractivity contribution in [3.8, 4) is 5.75 Å². The van der Waals surface area contributed by atoms with Gasteiger partial charge < -0.3 is 14.6 Å². The first kappa shape index (κ1) is 16.1. The molecule has 5 nitrogen and oxygen atoms in total. The molecule has 5 heteroatoms. The number of nitrogens with zero attached hydrogens (tertiary/aromatic N) is 1. The summed E-state index contributed by atoms with van der Waals surface area (Å²) in [5.74, 6) is 0.811. The van der Waals surface area contributed by atoms with Gasteiger partial charge in [0.1, 0.15) is 5.75 Å². The number of aromatic nitrogens is 1. The summed E-state index contributed by atoms with van der Waals surface area (Å²) >= 11 is 0. The van der Waals surface area contributed by atoms with Crippen molar-refractivity contribution < 1.29 is 9.53 Å². The lowest BCUT2D eigenvalue weighted by Crippen LogP contribution is -2.30. The van der Waals surface area contributed by atoms with E-state index < -0.39 is 0 Å². The highest BCUT2D eigenvalue weighted by Crippen LogP contribution is 2.22. The van der Waals surface area contributed by atoms with Gasteiger partial charge in [-0.05, 0) is 24.5 Å². The largest absolute Gasteiger partial charge is 0.483 e. The number of para-hydroxylation sites is 1. The Balaban J connectivity index is 2.07. The molecule has 0 atom stereocenters. The predicted octanol–water partition coefficient (Wildman–Crippen LogP) is 2.08. The molecule has 118 valence electrons. The highest BCUT2D eigenvalue weighted by Gasteiger charge is 2.09. The van der Waals surface area contributed by atoms with Crippen molar-refractivity contribution in [2.45, 2.75) is 20.3 Å². The van der Waals surface area contributed by atoms with Crippen LogP contribution in [0.2, 0.25) is 0 Å². The van der Waals surface area contributed by atoms with E-state index >= 15 is 0 Å². The third-order valence-corrected chi connectivity index (χ3v) is 3.52. The smallest absolute Gasteiger partial charge is 0.257 e. The van der Waals surface area contributed by atoms with Crippen LogP contribution < -0.4 is 15.6 Å². The van der Waals surface area contributed by atoms with Gasteiger partial charge >= 0.3 is 0 Å². The lowest BCUT2D eigenvalue weighted by atomic mass is 10.1. The molecular weight excluding hydrogens is 280 g/mol. The second kappa shape index (κ2) is 7.11. The summed E-state index contributed by atoms with van der Waals surface area (Å²) < 4.78 is 7.11. The molecule has 1 N–H and O–H groups in total. The van der Waals surface area contributed by atoms with Crippen LogP contribution in [0.3, 0.4) is 0 Å². The fraction of sp³-hybridized carbons (Fsp3) is 0.412. The van der Waals surface area contributed by atoms with Crippen molar-refractivity contribution in [1.29, 1.82) is 0 Å². The summed E-state index contributed by atoms with van der Waals surface area (Å²) in [6.45, 7) is 4.76. The van der Waals surface area contributed by atoms with Gasteiger partial charge in [-0.15, -0.1) is 0 Å². The molecule has 22 heavy (non-hydrogen) atoms. The van der Waals surface area contributed by atoms with E-state index in [1.807, 2.05) is 24.3 Å². The third-order valence-electron chi connectivity index (χ3n) is 3.52. The van der Waals surface area contributed by atoms with Gasteiger partial charge in [0.15, 0.2) is 6.61 Å². The Morgan fingerprint density at radius 2 is 2.05 bits per heavy atom. The van der Waals surface area contributed by atoms with Gasteiger partial charge in [0.2, 0.25) is 0 Å². The van der Waals surface area contributed by atoms with E-state index in [2.05, 4.69) is 19.2 Å². The molecule has 0 aliphatic rings. The zero-order chi connectivity index (χ0) is 16.1. The summed E-state index contributed by atoms with van der Waals surface area (Å²) in [4.78, 5) is 23.7. The molecule has 2 rings (SSSR count). The van der Waals surface area contributed by atoms with E-state index in [1.165, 1.54) is 6.07 Å². The number of hydrogen-bond donors (Lipinski definition) is 1. The van der Waals surface area contributed by atoms with Gasteiger partial charge in [0.25, 0.3) is 11.5 Å². The third kappa shape index (κ3) is 3.87. The summed E-state index contributed by atoms with van der Waals surface area (Å²) in [7, 11) is 1.72. The molecule has 0 bridgehead atoms. The fourth-order valence-electron chi connectivity index (χ4n) is 2.19. The molecule has 0 aliphatic heterocycles. The molecule has 0 saturated heterocycles. The molecule has 1 aromatic carbocycles. The molecule has 0 unspecified atom stereocenters. The second-order valence-corrected chi connectivity index (χ2v) is 5.74. The Kier molecular flexibility index (Phi) is 5.20. The number of carbonyl (C=O) groups excluding carboxylic acids is 1. The maximum Gasteiger partial charge on any atom is 0.257 e. The van der Waals surface area contributed by atoms with Crippen LogP contribution in [0, 0.1) is 5.92 Å². The van der Waals surface area contributed by atoms with Crippen molar-refractivity contribution in [3.63, 3.8) is 0 Å². The van der Waals surface area contributed by atoms with Crippen LogP contribution in [0.25, 0.3) is 10.9 Å². The van der Waals surface area contributed by atoms with E-state index in [-0.39, 0.29) is 18.1 Å². The van der Waals surface area contributed by atoms with Crippen LogP contribution in [-0.4, -0.2) is 23.6 Å². The minimum absolute atomic E-state index is 0.0880. The predicted molar refractivity (Wildman–Crippen MR) is 87.1 cm³/mol. The Bertz CT molecular complexity index is 719. The number of pyridine rings is 1. The highest BCUT2D eigenvalue weighted by molar-refractivity contribution is 5.86. The Labute approximate surface area is 129 Å². The number of rotatable bonds is 6. The minimum Gasteiger partial charge on any atom is -0.483 e. The number of aryl methyl sites for hydroxylation is 1. The molecule has 0 fully saturated rings. The van der Waals surface area contributed by atoms with Gasteiger partial charge in [0, 0.05) is 25.0 Å². The number of benzene rings is 1. The van der Waals surface area contributed by atoms with Crippen LogP contribution in [0.15, 0.2) is 35.1 Å². The van der Waals surface area contributed by atoms with Gasteiger partial charge in [-0.2, -0.15) is 0 Å². The number of amides is 1. The first-order valence-electron chi connectivity index (χ1n) is 7.47. The normalized spacial score (nSPS) is 10.9. The number of ether oxygens (including phenoxy) is 1. The molecule has 0 spiro atoms. The zero-order valence-electron chi connectivity index (χ0n) is 13.3. The van der Waals surface area contributed by atoms with Crippen LogP contribution in [0.4, 0.5) is 0 Å². The Hall–Kier alpha value is -2.30. The fourth-order valence-corrected chi connectivity index (χ4v) is 2.19. The lowest BCUT2D eigenvalue weighted by molar-refractivity contribution is -0.123. The summed E-state index contributed by atoms with van der Waals surface area (Å²) in [6.07, 6.45) is 0.931. The van der Waals surface area contributed by atoms with Gasteiger partial charge in [0.05, 0.1) is 5.52 Å². The van der Waals surface area contributed by atoms with Crippen molar-refractivity contribution in [2.75, 3.05) is 13.2 Å². The molecule has 0 saturated carbocycles. The molecule has 1 heterocycles. The number of carbonyl (C=O) groups is 1. The van der Waals surface area contributed by atoms with E-state index in [1.54, 1.807) is 11.6 Å². The lowest BCUT2D eigenvalue weighted by Gasteiger charge is -2.12. The van der Waals surface area contributed by atoms with Crippen LogP contribution in [0.1, 0.15) is 20.3 Å². The van der Waals surface area contributed by atoms with Crippen molar-refractivity contribution in [1.82, 2.24) is 9.88 Å². The summed E-state index contributed by atoms with van der Waals surface area (Å²) in [6, 6.07) is 8.89. The van der Waals surface area contributed by atoms with Crippen molar-refractivity contribution in [2.24, 2.45) is 13.0 Å². The van der Waals surface area contributed by atoms with Crippen LogP contribution >= 0.6 is 0 Å². The van der Waals surface area contributed by atoms with Crippen molar-refractivity contribution in [3.05, 3.63) is 40.7 Å². The van der Waals surface area contributed by atoms with E-state index in [4.69, 9.17) is 4.74 Å². The minimum atomic E-state index is -0.176. The number of fused-ring (bicyclic) bond motifs is 1. The molecular formula is C17H22N2O3. The molecule has 1 amide bonds. The summed E-state index contributed by atoms with van der Waals surface area (Å²) in [5.41, 5.74) is 0.624.